The van der Waals surface area contributed by atoms with E-state index in [0.717, 1.165) is 22.0 Å². The second kappa shape index (κ2) is 6.95. The minimum Gasteiger partial charge on any atom is -0.494 e. The fourth-order valence-corrected chi connectivity index (χ4v) is 3.52. The lowest BCUT2D eigenvalue weighted by Gasteiger charge is -2.02. The highest BCUT2D eigenvalue weighted by molar-refractivity contribution is 7.89. The molecule has 6 nitrogen and oxygen atoms in total. The average molecular weight is 391 g/mol. The van der Waals surface area contributed by atoms with Gasteiger partial charge in [-0.3, -0.25) is 4.99 Å². The van der Waals surface area contributed by atoms with E-state index in [0.29, 0.717) is 11.3 Å². The summed E-state index contributed by atoms with van der Waals surface area (Å²) in [5.41, 5.74) is 4.00. The van der Waals surface area contributed by atoms with Crippen LogP contribution in [-0.2, 0) is 10.0 Å². The summed E-state index contributed by atoms with van der Waals surface area (Å²) < 4.78 is 22.7. The zero-order valence-electron chi connectivity index (χ0n) is 14.7. The van der Waals surface area contributed by atoms with Gasteiger partial charge in [-0.25, -0.2) is 13.6 Å². The molecule has 0 aliphatic heterocycles. The Morgan fingerprint density at radius 2 is 1.64 bits per heavy atom. The van der Waals surface area contributed by atoms with E-state index in [1.165, 1.54) is 12.1 Å². The van der Waals surface area contributed by atoms with Gasteiger partial charge in [-0.2, -0.15) is 0 Å². The number of hydrogen-bond acceptors (Lipinski definition) is 4. The fraction of sp³-hybridized carbons (Fsp3) is 0. The van der Waals surface area contributed by atoms with E-state index in [9.17, 15) is 13.5 Å². The van der Waals surface area contributed by atoms with Gasteiger partial charge in [0.1, 0.15) is 0 Å². The van der Waals surface area contributed by atoms with Crippen molar-refractivity contribution in [1.29, 1.82) is 0 Å². The van der Waals surface area contributed by atoms with Gasteiger partial charge in [-0.05, 0) is 47.5 Å². The minimum absolute atomic E-state index is 0.0186. The van der Waals surface area contributed by atoms with Crippen molar-refractivity contribution < 1.29 is 13.5 Å². The minimum atomic E-state index is -3.74. The van der Waals surface area contributed by atoms with E-state index in [4.69, 9.17) is 5.14 Å². The van der Waals surface area contributed by atoms with Crippen molar-refractivity contribution in [3.05, 3.63) is 78.4 Å². The van der Waals surface area contributed by atoms with Gasteiger partial charge in [-0.1, -0.05) is 36.4 Å². The van der Waals surface area contributed by atoms with Crippen LogP contribution < -0.4 is 5.14 Å². The number of nitrogens with zero attached hydrogens (tertiary/aromatic N) is 1. The highest BCUT2D eigenvalue weighted by atomic mass is 32.2. The maximum absolute atomic E-state index is 11.3. The Balaban J connectivity index is 1.72. The third-order valence-electron chi connectivity index (χ3n) is 4.43. The molecule has 7 heteroatoms. The van der Waals surface area contributed by atoms with E-state index in [1.807, 2.05) is 48.5 Å². The van der Waals surface area contributed by atoms with Gasteiger partial charge in [-0.15, -0.1) is 0 Å². The summed E-state index contributed by atoms with van der Waals surface area (Å²) >= 11 is 0. The molecule has 0 radical (unpaired) electrons. The molecule has 1 heterocycles. The number of aromatic hydroxyl groups is 1. The number of benzene rings is 3. The number of aromatic amines is 1. The normalized spacial score (nSPS) is 12.0. The molecule has 140 valence electrons. The molecule has 0 unspecified atom stereocenters. The number of aliphatic imine (C=N–C) groups is 1. The van der Waals surface area contributed by atoms with Crippen LogP contribution in [0.15, 0.2) is 82.7 Å². The standard InChI is InChI=1S/C21H17N3O3S/c22-28(26,27)17-9-7-16(8-10-17)23-13-19-18-12-15(14-4-2-1-3-5-14)6-11-20(18)24-21(19)25/h1-13,24-25H,(H2,22,26,27). The predicted octanol–water partition coefficient (Wildman–Crippen LogP) is 3.94. The largest absolute Gasteiger partial charge is 0.494 e. The highest BCUT2D eigenvalue weighted by Gasteiger charge is 2.11. The Morgan fingerprint density at radius 1 is 0.929 bits per heavy atom. The Labute approximate surface area is 162 Å². The average Bonchev–Trinajstić information content (AvgIpc) is 3.01. The summed E-state index contributed by atoms with van der Waals surface area (Å²) in [7, 11) is -3.74. The molecular formula is C21H17N3O3S. The van der Waals surface area contributed by atoms with Gasteiger partial charge in [0.15, 0.2) is 5.88 Å². The van der Waals surface area contributed by atoms with E-state index >= 15 is 0 Å². The van der Waals surface area contributed by atoms with Crippen LogP contribution >= 0.6 is 0 Å². The summed E-state index contributed by atoms with van der Waals surface area (Å²) in [6.07, 6.45) is 1.55. The lowest BCUT2D eigenvalue weighted by Crippen LogP contribution is -2.11. The Hall–Kier alpha value is -3.42. The van der Waals surface area contributed by atoms with Crippen molar-refractivity contribution in [2.45, 2.75) is 4.90 Å². The second-order valence-corrected chi connectivity index (χ2v) is 7.87. The summed E-state index contributed by atoms with van der Waals surface area (Å²) in [5, 5.41) is 16.2. The molecule has 4 aromatic rings. The quantitative estimate of drug-likeness (QED) is 0.458. The third kappa shape index (κ3) is 3.53. The molecule has 3 aromatic carbocycles. The van der Waals surface area contributed by atoms with Crippen LogP contribution in [0.5, 0.6) is 5.88 Å². The van der Waals surface area contributed by atoms with Gasteiger partial charge in [0.05, 0.1) is 16.1 Å². The molecule has 0 atom stereocenters. The van der Waals surface area contributed by atoms with Gasteiger partial charge >= 0.3 is 0 Å². The number of aromatic nitrogens is 1. The van der Waals surface area contributed by atoms with Crippen molar-refractivity contribution in [2.24, 2.45) is 10.1 Å². The second-order valence-electron chi connectivity index (χ2n) is 6.31. The van der Waals surface area contributed by atoms with Crippen LogP contribution in [0.4, 0.5) is 5.69 Å². The predicted molar refractivity (Wildman–Crippen MR) is 110 cm³/mol. The molecule has 0 fully saturated rings. The number of primary sulfonamides is 1. The molecule has 0 saturated carbocycles. The number of rotatable bonds is 4. The van der Waals surface area contributed by atoms with Crippen LogP contribution in [0.25, 0.3) is 22.0 Å². The molecule has 4 N–H and O–H groups in total. The zero-order chi connectivity index (χ0) is 19.7. The Bertz CT molecular complexity index is 1280. The van der Waals surface area contributed by atoms with Crippen LogP contribution in [-0.4, -0.2) is 24.7 Å². The zero-order valence-corrected chi connectivity index (χ0v) is 15.5. The molecule has 0 saturated heterocycles. The van der Waals surface area contributed by atoms with Gasteiger partial charge in [0.2, 0.25) is 10.0 Å². The van der Waals surface area contributed by atoms with Crippen molar-refractivity contribution in [2.75, 3.05) is 0 Å². The van der Waals surface area contributed by atoms with Gasteiger partial charge in [0, 0.05) is 17.1 Å². The lowest BCUT2D eigenvalue weighted by atomic mass is 10.0. The van der Waals surface area contributed by atoms with E-state index in [2.05, 4.69) is 9.98 Å². The number of nitrogens with two attached hydrogens (primary N) is 1. The van der Waals surface area contributed by atoms with Crippen LogP contribution in [0.3, 0.4) is 0 Å². The first-order valence-electron chi connectivity index (χ1n) is 8.49. The molecule has 0 amide bonds. The number of H-pyrrole nitrogens is 1. The van der Waals surface area contributed by atoms with Crippen molar-refractivity contribution >= 4 is 32.8 Å². The summed E-state index contributed by atoms with van der Waals surface area (Å²) in [6.45, 7) is 0. The lowest BCUT2D eigenvalue weighted by molar-refractivity contribution is 0.457. The molecule has 0 spiro atoms. The molecule has 4 rings (SSSR count). The van der Waals surface area contributed by atoms with Crippen molar-refractivity contribution in [3.63, 3.8) is 0 Å². The first-order chi connectivity index (χ1) is 13.4. The first-order valence-corrected chi connectivity index (χ1v) is 10.0. The molecule has 1 aromatic heterocycles. The van der Waals surface area contributed by atoms with Crippen LogP contribution in [0, 0.1) is 0 Å². The first kappa shape index (κ1) is 18.0. The fourth-order valence-electron chi connectivity index (χ4n) is 3.00. The monoisotopic (exact) mass is 391 g/mol. The van der Waals surface area contributed by atoms with E-state index in [1.54, 1.807) is 18.3 Å². The third-order valence-corrected chi connectivity index (χ3v) is 5.36. The van der Waals surface area contributed by atoms with Gasteiger partial charge < -0.3 is 10.1 Å². The van der Waals surface area contributed by atoms with Gasteiger partial charge in [0.25, 0.3) is 0 Å². The molecule has 28 heavy (non-hydrogen) atoms. The van der Waals surface area contributed by atoms with E-state index < -0.39 is 10.0 Å². The molecule has 0 aliphatic rings. The molecule has 0 aliphatic carbocycles. The molecule has 0 bridgehead atoms. The van der Waals surface area contributed by atoms with Crippen molar-refractivity contribution in [1.82, 2.24) is 4.98 Å². The number of hydrogen-bond donors (Lipinski definition) is 3. The highest BCUT2D eigenvalue weighted by Crippen LogP contribution is 2.30. The smallest absolute Gasteiger partial charge is 0.238 e. The summed E-state index contributed by atoms with van der Waals surface area (Å²) in [6, 6.07) is 21.7. The van der Waals surface area contributed by atoms with Crippen LogP contribution in [0.2, 0.25) is 0 Å². The SMILES string of the molecule is NS(=O)(=O)c1ccc(N=Cc2c(O)[nH]c3ccc(-c4ccccc4)cc23)cc1. The summed E-state index contributed by atoms with van der Waals surface area (Å²) in [5.74, 6) is 0.0186. The topological polar surface area (TPSA) is 109 Å². The van der Waals surface area contributed by atoms with Crippen molar-refractivity contribution in [3.8, 4) is 17.0 Å². The number of fused-ring (bicyclic) bond motifs is 1. The van der Waals surface area contributed by atoms with Crippen LogP contribution in [0.1, 0.15) is 5.56 Å². The maximum Gasteiger partial charge on any atom is 0.238 e. The van der Waals surface area contributed by atoms with E-state index in [-0.39, 0.29) is 10.8 Å². The summed E-state index contributed by atoms with van der Waals surface area (Å²) in [4.78, 5) is 7.31. The maximum atomic E-state index is 11.3. The number of nitrogens with one attached hydrogen (secondary N) is 1. The Morgan fingerprint density at radius 3 is 2.32 bits per heavy atom. The Kier molecular flexibility index (Phi) is 4.46. The molecular weight excluding hydrogens is 374 g/mol. The number of sulfonamides is 1.